The molecule has 30 heavy (non-hydrogen) atoms. The van der Waals surface area contributed by atoms with Crippen molar-refractivity contribution in [1.29, 1.82) is 0 Å². The van der Waals surface area contributed by atoms with Crippen molar-refractivity contribution in [3.63, 3.8) is 0 Å². The van der Waals surface area contributed by atoms with Gasteiger partial charge in [0.25, 0.3) is 0 Å². The number of hydrogen-bond acceptors (Lipinski definition) is 3. The minimum absolute atomic E-state index is 0.292. The third-order valence-electron chi connectivity index (χ3n) is 4.60. The molecule has 3 aromatic rings. The van der Waals surface area contributed by atoms with Crippen molar-refractivity contribution in [2.24, 2.45) is 0 Å². The van der Waals surface area contributed by atoms with Crippen molar-refractivity contribution >= 4 is 37.6 Å². The summed E-state index contributed by atoms with van der Waals surface area (Å²) in [6.07, 6.45) is 0.397. The van der Waals surface area contributed by atoms with E-state index in [1.165, 1.54) is 24.3 Å². The minimum atomic E-state index is -3.99. The second-order valence-electron chi connectivity index (χ2n) is 7.13. The summed E-state index contributed by atoms with van der Waals surface area (Å²) in [5.41, 5.74) is 3.95. The summed E-state index contributed by atoms with van der Waals surface area (Å²) in [6.45, 7) is 3.84. The molecule has 0 aliphatic rings. The van der Waals surface area contributed by atoms with Crippen LogP contribution in [-0.4, -0.2) is 14.7 Å². The molecule has 3 rings (SSSR count). The van der Waals surface area contributed by atoms with Gasteiger partial charge < -0.3 is 0 Å². The number of carbonyl (C=O) groups excluding carboxylic acids is 1. The maximum Gasteiger partial charge on any atom is 0.186 e. The third-order valence-corrected chi connectivity index (χ3v) is 6.81. The lowest BCUT2D eigenvalue weighted by Gasteiger charge is -2.15. The first-order chi connectivity index (χ1) is 14.2. The maximum absolute atomic E-state index is 13.2. The van der Waals surface area contributed by atoms with Crippen molar-refractivity contribution in [2.45, 2.75) is 19.6 Å². The highest BCUT2D eigenvalue weighted by Crippen LogP contribution is 2.32. The van der Waals surface area contributed by atoms with Crippen LogP contribution < -0.4 is 0 Å². The standard InChI is InChI=1S/C24H20BrFO3S/c1-16-11-17(2)13-20(12-16)24(19-5-7-21(25)8-6-19)23(14-27)30(28,29)15-18-3-9-22(26)10-4-18/h3-14H,15H2,1-2H3/b24-23-. The van der Waals surface area contributed by atoms with Crippen molar-refractivity contribution in [3.8, 4) is 0 Å². The Morgan fingerprint density at radius 3 is 2.00 bits per heavy atom. The van der Waals surface area contributed by atoms with E-state index in [1.807, 2.05) is 32.0 Å². The molecule has 0 saturated carbocycles. The number of hydrogen-bond donors (Lipinski definition) is 0. The first-order valence-electron chi connectivity index (χ1n) is 9.21. The summed E-state index contributed by atoms with van der Waals surface area (Å²) in [5.74, 6) is -0.847. The number of sulfone groups is 1. The highest BCUT2D eigenvalue weighted by atomic mass is 79.9. The Morgan fingerprint density at radius 2 is 1.47 bits per heavy atom. The van der Waals surface area contributed by atoms with Gasteiger partial charge in [0, 0.05) is 10.0 Å². The SMILES string of the molecule is Cc1cc(C)cc(/C(=C(/C=O)S(=O)(=O)Cc2ccc(F)cc2)c2ccc(Br)cc2)c1. The molecular formula is C24H20BrFO3S. The molecule has 3 nitrogen and oxygen atoms in total. The quantitative estimate of drug-likeness (QED) is 0.327. The molecule has 0 unspecified atom stereocenters. The Morgan fingerprint density at radius 1 is 0.900 bits per heavy atom. The number of allylic oxidation sites excluding steroid dienone is 1. The van der Waals surface area contributed by atoms with Crippen LogP contribution in [-0.2, 0) is 20.4 Å². The first-order valence-corrected chi connectivity index (χ1v) is 11.7. The maximum atomic E-state index is 13.2. The second-order valence-corrected chi connectivity index (χ2v) is 10.00. The van der Waals surface area contributed by atoms with Gasteiger partial charge in [-0.2, -0.15) is 0 Å². The predicted octanol–water partition coefficient (Wildman–Crippen LogP) is 5.78. The van der Waals surface area contributed by atoms with Gasteiger partial charge in [-0.05, 0) is 54.8 Å². The van der Waals surface area contributed by atoms with E-state index < -0.39 is 21.4 Å². The van der Waals surface area contributed by atoms with Gasteiger partial charge in [-0.3, -0.25) is 4.79 Å². The number of carbonyl (C=O) groups is 1. The van der Waals surface area contributed by atoms with Crippen LogP contribution in [0, 0.1) is 19.7 Å². The number of benzene rings is 3. The Balaban J connectivity index is 2.25. The van der Waals surface area contributed by atoms with Gasteiger partial charge in [0.15, 0.2) is 16.1 Å². The fourth-order valence-corrected chi connectivity index (χ4v) is 5.10. The molecule has 0 N–H and O–H groups in total. The van der Waals surface area contributed by atoms with E-state index in [0.29, 0.717) is 28.5 Å². The summed E-state index contributed by atoms with van der Waals surface area (Å²) >= 11 is 3.38. The van der Waals surface area contributed by atoms with Gasteiger partial charge in [-0.25, -0.2) is 12.8 Å². The van der Waals surface area contributed by atoms with E-state index in [9.17, 15) is 17.6 Å². The Labute approximate surface area is 184 Å². The Bertz CT molecular complexity index is 1190. The summed E-state index contributed by atoms with van der Waals surface area (Å²) in [7, 11) is -3.99. The van der Waals surface area contributed by atoms with Gasteiger partial charge in [0.05, 0.1) is 5.75 Å². The topological polar surface area (TPSA) is 51.2 Å². The molecule has 0 spiro atoms. The van der Waals surface area contributed by atoms with Gasteiger partial charge in [-0.15, -0.1) is 0 Å². The van der Waals surface area contributed by atoms with Gasteiger partial charge in [0.2, 0.25) is 0 Å². The van der Waals surface area contributed by atoms with E-state index in [-0.39, 0.29) is 4.91 Å². The zero-order valence-electron chi connectivity index (χ0n) is 16.5. The minimum Gasteiger partial charge on any atom is -0.297 e. The van der Waals surface area contributed by atoms with E-state index in [1.54, 1.807) is 24.3 Å². The average Bonchev–Trinajstić information content (AvgIpc) is 2.67. The first kappa shape index (κ1) is 22.1. The van der Waals surface area contributed by atoms with Crippen LogP contribution in [0.3, 0.4) is 0 Å². The molecule has 0 radical (unpaired) electrons. The molecular weight excluding hydrogens is 467 g/mol. The smallest absolute Gasteiger partial charge is 0.186 e. The zero-order valence-corrected chi connectivity index (χ0v) is 18.9. The van der Waals surface area contributed by atoms with Crippen LogP contribution in [0.5, 0.6) is 0 Å². The fourth-order valence-electron chi connectivity index (χ4n) is 3.35. The second kappa shape index (κ2) is 9.06. The monoisotopic (exact) mass is 486 g/mol. The van der Waals surface area contributed by atoms with Crippen molar-refractivity contribution < 1.29 is 17.6 Å². The molecule has 6 heteroatoms. The van der Waals surface area contributed by atoms with Gasteiger partial charge in [-0.1, -0.05) is 69.5 Å². The third kappa shape index (κ3) is 5.12. The molecule has 0 fully saturated rings. The molecule has 0 bridgehead atoms. The molecule has 0 saturated heterocycles. The van der Waals surface area contributed by atoms with Crippen LogP contribution >= 0.6 is 15.9 Å². The molecule has 0 aromatic heterocycles. The van der Waals surface area contributed by atoms with Gasteiger partial charge in [0.1, 0.15) is 10.7 Å². The van der Waals surface area contributed by atoms with E-state index in [2.05, 4.69) is 15.9 Å². The van der Waals surface area contributed by atoms with Crippen LogP contribution in [0.1, 0.15) is 27.8 Å². The van der Waals surface area contributed by atoms with Crippen molar-refractivity contribution in [3.05, 3.63) is 110 Å². The molecule has 0 aliphatic heterocycles. The molecule has 0 heterocycles. The van der Waals surface area contributed by atoms with Crippen molar-refractivity contribution in [1.82, 2.24) is 0 Å². The number of aldehydes is 1. The Kier molecular flexibility index (Phi) is 6.68. The van der Waals surface area contributed by atoms with E-state index in [4.69, 9.17) is 0 Å². The highest BCUT2D eigenvalue weighted by molar-refractivity contribution is 9.10. The largest absolute Gasteiger partial charge is 0.297 e. The average molecular weight is 487 g/mol. The highest BCUT2D eigenvalue weighted by Gasteiger charge is 2.25. The fraction of sp³-hybridized carbons (Fsp3) is 0.125. The van der Waals surface area contributed by atoms with Gasteiger partial charge >= 0.3 is 0 Å². The van der Waals surface area contributed by atoms with Crippen LogP contribution in [0.15, 0.2) is 76.1 Å². The molecule has 0 amide bonds. The summed E-state index contributed by atoms with van der Waals surface area (Å²) in [6, 6.07) is 18.1. The van der Waals surface area contributed by atoms with Crippen LogP contribution in [0.4, 0.5) is 4.39 Å². The molecule has 0 aliphatic carbocycles. The summed E-state index contributed by atoms with van der Waals surface area (Å²) in [4.78, 5) is 11.8. The van der Waals surface area contributed by atoms with E-state index >= 15 is 0 Å². The summed E-state index contributed by atoms with van der Waals surface area (Å²) < 4.78 is 40.5. The van der Waals surface area contributed by atoms with Crippen molar-refractivity contribution in [2.75, 3.05) is 0 Å². The molecule has 154 valence electrons. The lowest BCUT2D eigenvalue weighted by Crippen LogP contribution is -2.12. The number of aryl methyl sites for hydroxylation is 2. The number of rotatable bonds is 6. The lowest BCUT2D eigenvalue weighted by atomic mass is 9.95. The van der Waals surface area contributed by atoms with E-state index in [0.717, 1.165) is 15.6 Å². The normalized spacial score (nSPS) is 12.4. The summed E-state index contributed by atoms with van der Waals surface area (Å²) in [5, 5.41) is 0. The van der Waals surface area contributed by atoms with Crippen LogP contribution in [0.2, 0.25) is 0 Å². The Hall–Kier alpha value is -2.57. The lowest BCUT2D eigenvalue weighted by molar-refractivity contribution is -0.104. The molecule has 3 aromatic carbocycles. The predicted molar refractivity (Wildman–Crippen MR) is 121 cm³/mol. The molecule has 0 atom stereocenters. The number of halogens is 2. The van der Waals surface area contributed by atoms with Crippen LogP contribution in [0.25, 0.3) is 5.57 Å². The zero-order chi connectivity index (χ0) is 21.9.